The van der Waals surface area contributed by atoms with Crippen molar-refractivity contribution in [1.82, 2.24) is 0 Å². The maximum atomic E-state index is 11.6. The fraction of sp³-hybridized carbons (Fsp3) is 0.400. The molecule has 1 heterocycles. The SMILES string of the molecule is COC1=CC(=O)C2(OC2C)C(C=O)=C1. The summed E-state index contributed by atoms with van der Waals surface area (Å²) in [5.41, 5.74) is -0.668. The van der Waals surface area contributed by atoms with Gasteiger partial charge in [0.25, 0.3) is 0 Å². The Morgan fingerprint density at radius 3 is 2.64 bits per heavy atom. The van der Waals surface area contributed by atoms with E-state index in [4.69, 9.17) is 9.47 Å². The van der Waals surface area contributed by atoms with Crippen LogP contribution in [0.4, 0.5) is 0 Å². The number of ether oxygens (including phenoxy) is 2. The van der Waals surface area contributed by atoms with Crippen LogP contribution in [0.5, 0.6) is 0 Å². The second kappa shape index (κ2) is 2.78. The Hall–Kier alpha value is -1.42. The molecule has 1 spiro atoms. The normalized spacial score (nSPS) is 35.0. The van der Waals surface area contributed by atoms with E-state index in [0.717, 1.165) is 0 Å². The van der Waals surface area contributed by atoms with E-state index in [1.54, 1.807) is 6.92 Å². The molecule has 2 atom stereocenters. The van der Waals surface area contributed by atoms with E-state index in [0.29, 0.717) is 17.6 Å². The Morgan fingerprint density at radius 2 is 2.21 bits per heavy atom. The van der Waals surface area contributed by atoms with Gasteiger partial charge in [-0.25, -0.2) is 0 Å². The van der Waals surface area contributed by atoms with Crippen LogP contribution in [-0.2, 0) is 19.1 Å². The predicted molar refractivity (Wildman–Crippen MR) is 47.5 cm³/mol. The first-order valence-corrected chi connectivity index (χ1v) is 4.30. The lowest BCUT2D eigenvalue weighted by atomic mass is 9.87. The van der Waals surface area contributed by atoms with Crippen LogP contribution in [0.3, 0.4) is 0 Å². The van der Waals surface area contributed by atoms with Gasteiger partial charge >= 0.3 is 0 Å². The van der Waals surface area contributed by atoms with Crippen LogP contribution in [0.15, 0.2) is 23.5 Å². The van der Waals surface area contributed by atoms with Gasteiger partial charge in [0.2, 0.25) is 0 Å². The molecule has 4 nitrogen and oxygen atoms in total. The van der Waals surface area contributed by atoms with Crippen LogP contribution in [0.2, 0.25) is 0 Å². The Balaban J connectivity index is 2.42. The molecule has 4 heteroatoms. The van der Waals surface area contributed by atoms with Gasteiger partial charge in [0.15, 0.2) is 11.4 Å². The largest absolute Gasteiger partial charge is 0.497 e. The van der Waals surface area contributed by atoms with Gasteiger partial charge < -0.3 is 9.47 Å². The van der Waals surface area contributed by atoms with Gasteiger partial charge in [0, 0.05) is 11.6 Å². The Labute approximate surface area is 81.2 Å². The third-order valence-corrected chi connectivity index (χ3v) is 2.61. The molecule has 74 valence electrons. The van der Waals surface area contributed by atoms with Gasteiger partial charge in [0.05, 0.1) is 13.2 Å². The van der Waals surface area contributed by atoms with Crippen LogP contribution in [0.1, 0.15) is 6.92 Å². The highest BCUT2D eigenvalue weighted by Crippen LogP contribution is 2.45. The molecule has 1 saturated heterocycles. The van der Waals surface area contributed by atoms with E-state index in [1.165, 1.54) is 19.3 Å². The van der Waals surface area contributed by atoms with Crippen molar-refractivity contribution in [2.24, 2.45) is 0 Å². The van der Waals surface area contributed by atoms with Crippen molar-refractivity contribution in [2.45, 2.75) is 18.6 Å². The molecular weight excluding hydrogens is 184 g/mol. The maximum Gasteiger partial charge on any atom is 0.198 e. The highest BCUT2D eigenvalue weighted by molar-refractivity contribution is 6.09. The van der Waals surface area contributed by atoms with Gasteiger partial charge in [-0.05, 0) is 13.0 Å². The molecule has 1 aliphatic heterocycles. The van der Waals surface area contributed by atoms with Crippen LogP contribution in [0.25, 0.3) is 0 Å². The van der Waals surface area contributed by atoms with Gasteiger partial charge in [-0.3, -0.25) is 9.59 Å². The lowest BCUT2D eigenvalue weighted by molar-refractivity contribution is -0.120. The summed E-state index contributed by atoms with van der Waals surface area (Å²) in [6.07, 6.45) is 3.32. The van der Waals surface area contributed by atoms with Crippen LogP contribution >= 0.6 is 0 Å². The van der Waals surface area contributed by atoms with E-state index in [9.17, 15) is 9.59 Å². The summed E-state index contributed by atoms with van der Waals surface area (Å²) in [4.78, 5) is 22.4. The van der Waals surface area contributed by atoms with E-state index in [-0.39, 0.29) is 11.9 Å². The molecule has 1 fully saturated rings. The van der Waals surface area contributed by atoms with E-state index < -0.39 is 5.60 Å². The van der Waals surface area contributed by atoms with Crippen molar-refractivity contribution in [3.63, 3.8) is 0 Å². The summed E-state index contributed by atoms with van der Waals surface area (Å²) >= 11 is 0. The number of hydrogen-bond acceptors (Lipinski definition) is 4. The third kappa shape index (κ3) is 0.974. The lowest BCUT2D eigenvalue weighted by Gasteiger charge is -2.15. The Morgan fingerprint density at radius 1 is 1.57 bits per heavy atom. The molecule has 2 rings (SSSR count). The van der Waals surface area contributed by atoms with Crippen molar-refractivity contribution in [1.29, 1.82) is 0 Å². The summed E-state index contributed by atoms with van der Waals surface area (Å²) in [5, 5.41) is 0. The topological polar surface area (TPSA) is 55.9 Å². The fourth-order valence-electron chi connectivity index (χ4n) is 1.73. The summed E-state index contributed by atoms with van der Waals surface area (Å²) in [5.74, 6) is 0.178. The minimum atomic E-state index is -1.01. The monoisotopic (exact) mass is 194 g/mol. The number of aldehydes is 1. The molecule has 0 bridgehead atoms. The minimum Gasteiger partial charge on any atom is -0.497 e. The fourth-order valence-corrected chi connectivity index (χ4v) is 1.73. The minimum absolute atomic E-state index is 0.216. The number of epoxide rings is 1. The second-order valence-electron chi connectivity index (χ2n) is 3.33. The second-order valence-corrected chi connectivity index (χ2v) is 3.33. The molecule has 1 aliphatic carbocycles. The standard InChI is InChI=1S/C10H10O4/c1-6-10(14-6)7(5-11)3-8(13-2)4-9(10)12/h3-6H,1-2H3. The first-order chi connectivity index (χ1) is 6.65. The van der Waals surface area contributed by atoms with Crippen molar-refractivity contribution < 1.29 is 19.1 Å². The van der Waals surface area contributed by atoms with Gasteiger partial charge in [-0.1, -0.05) is 0 Å². The molecule has 0 radical (unpaired) electrons. The summed E-state index contributed by atoms with van der Waals surface area (Å²) < 4.78 is 10.1. The molecule has 0 aromatic carbocycles. The van der Waals surface area contributed by atoms with Crippen LogP contribution < -0.4 is 0 Å². The first-order valence-electron chi connectivity index (χ1n) is 4.30. The smallest absolute Gasteiger partial charge is 0.198 e. The number of allylic oxidation sites excluding steroid dienone is 1. The van der Waals surface area contributed by atoms with Crippen molar-refractivity contribution in [3.8, 4) is 0 Å². The number of hydrogen-bond donors (Lipinski definition) is 0. The van der Waals surface area contributed by atoms with Crippen molar-refractivity contribution in [3.05, 3.63) is 23.5 Å². The van der Waals surface area contributed by atoms with Crippen LogP contribution in [0, 0.1) is 0 Å². The average Bonchev–Trinajstić information content (AvgIpc) is 2.84. The molecule has 0 aromatic rings. The Kier molecular flexibility index (Phi) is 1.82. The predicted octanol–water partition coefficient (Wildman–Crippen LogP) is 0.382. The van der Waals surface area contributed by atoms with Gasteiger partial charge in [-0.2, -0.15) is 0 Å². The lowest BCUT2D eigenvalue weighted by Crippen LogP contribution is -2.31. The summed E-state index contributed by atoms with van der Waals surface area (Å²) in [6, 6.07) is 0. The van der Waals surface area contributed by atoms with E-state index in [2.05, 4.69) is 0 Å². The number of ketones is 1. The van der Waals surface area contributed by atoms with Gasteiger partial charge in [-0.15, -0.1) is 0 Å². The van der Waals surface area contributed by atoms with E-state index >= 15 is 0 Å². The number of carbonyl (C=O) groups excluding carboxylic acids is 2. The molecule has 2 aliphatic rings. The van der Waals surface area contributed by atoms with Gasteiger partial charge in [0.1, 0.15) is 12.0 Å². The molecule has 2 unspecified atom stereocenters. The zero-order chi connectivity index (χ0) is 10.3. The third-order valence-electron chi connectivity index (χ3n) is 2.61. The maximum absolute atomic E-state index is 11.6. The van der Waals surface area contributed by atoms with Crippen molar-refractivity contribution in [2.75, 3.05) is 7.11 Å². The highest BCUT2D eigenvalue weighted by atomic mass is 16.6. The highest BCUT2D eigenvalue weighted by Gasteiger charge is 2.62. The summed E-state index contributed by atoms with van der Waals surface area (Å²) in [7, 11) is 1.45. The zero-order valence-corrected chi connectivity index (χ0v) is 7.94. The molecule has 0 aromatic heterocycles. The summed E-state index contributed by atoms with van der Waals surface area (Å²) in [6.45, 7) is 1.76. The first kappa shape index (κ1) is 9.15. The number of methoxy groups -OCH3 is 1. The number of carbonyl (C=O) groups is 2. The quantitative estimate of drug-likeness (QED) is 0.471. The molecule has 0 saturated carbocycles. The molecule has 0 amide bonds. The number of rotatable bonds is 2. The van der Waals surface area contributed by atoms with Crippen LogP contribution in [-0.4, -0.2) is 30.9 Å². The van der Waals surface area contributed by atoms with Crippen molar-refractivity contribution >= 4 is 12.1 Å². The molecule has 0 N–H and O–H groups in total. The average molecular weight is 194 g/mol. The zero-order valence-electron chi connectivity index (χ0n) is 7.94. The molecular formula is C10H10O4. The Bertz CT molecular complexity index is 366. The molecule has 14 heavy (non-hydrogen) atoms. The van der Waals surface area contributed by atoms with E-state index in [1.807, 2.05) is 0 Å².